The Labute approximate surface area is 306 Å². The van der Waals surface area contributed by atoms with Gasteiger partial charge in [0.05, 0.1) is 39.9 Å². The predicted molar refractivity (Wildman–Crippen MR) is 212 cm³/mol. The number of unbranched alkanes of at least 4 members (excludes halogenated alkanes) is 7. The van der Waals surface area contributed by atoms with Gasteiger partial charge in [0.25, 0.3) is 0 Å². The lowest BCUT2D eigenvalue weighted by Crippen LogP contribution is -2.45. The topological polar surface area (TPSA) is 105 Å². The molecule has 0 aliphatic carbocycles. The lowest BCUT2D eigenvalue weighted by molar-refractivity contribution is -0.870. The molecule has 0 bridgehead atoms. The van der Waals surface area contributed by atoms with E-state index in [0.29, 0.717) is 17.4 Å². The Hall–Kier alpha value is -2.32. The fraction of sp³-hybridized carbons (Fsp3) is 0.634. The van der Waals surface area contributed by atoms with Gasteiger partial charge in [-0.2, -0.15) is 0 Å². The molecular weight excluding hydrogens is 647 g/mol. The molecule has 0 rings (SSSR count). The van der Waals surface area contributed by atoms with Crippen LogP contribution in [0, 0.1) is 0 Å². The molecule has 8 nitrogen and oxygen atoms in total. The maximum atomic E-state index is 12.8. The molecular formula is C41H72N2O6P+. The highest BCUT2D eigenvalue weighted by atomic mass is 31.2. The number of hydrogen-bond acceptors (Lipinski definition) is 5. The number of rotatable bonds is 32. The molecule has 0 fully saturated rings. The zero-order valence-electron chi connectivity index (χ0n) is 32.1. The Balaban J connectivity index is 4.70. The zero-order chi connectivity index (χ0) is 37.2. The molecule has 0 aliphatic heterocycles. The Morgan fingerprint density at radius 3 is 1.82 bits per heavy atom. The predicted octanol–water partition coefficient (Wildman–Crippen LogP) is 9.85. The fourth-order valence-electron chi connectivity index (χ4n) is 4.56. The molecule has 0 aliphatic rings. The number of likely N-dealkylation sites (N-methyl/N-ethyl adjacent to an activating group) is 1. The first-order chi connectivity index (χ1) is 24.0. The molecule has 0 aromatic rings. The zero-order valence-corrected chi connectivity index (χ0v) is 33.0. The number of nitrogens with zero attached hydrogens (tertiary/aromatic N) is 1. The van der Waals surface area contributed by atoms with Crippen molar-refractivity contribution in [3.8, 4) is 0 Å². The van der Waals surface area contributed by atoms with Crippen LogP contribution in [-0.2, 0) is 18.4 Å². The molecule has 3 atom stereocenters. The van der Waals surface area contributed by atoms with Gasteiger partial charge in [0.2, 0.25) is 5.91 Å². The number of amides is 1. The first kappa shape index (κ1) is 47.7. The van der Waals surface area contributed by atoms with E-state index < -0.39 is 20.0 Å². The van der Waals surface area contributed by atoms with Crippen molar-refractivity contribution in [3.05, 3.63) is 85.1 Å². The molecule has 286 valence electrons. The number of aliphatic hydroxyl groups is 1. The second kappa shape index (κ2) is 32.6. The van der Waals surface area contributed by atoms with Gasteiger partial charge in [-0.05, 0) is 70.6 Å². The Bertz CT molecular complexity index is 1090. The molecule has 0 saturated heterocycles. The van der Waals surface area contributed by atoms with E-state index in [0.717, 1.165) is 57.8 Å². The Morgan fingerprint density at radius 2 is 1.22 bits per heavy atom. The van der Waals surface area contributed by atoms with Crippen LogP contribution in [0.15, 0.2) is 85.1 Å². The van der Waals surface area contributed by atoms with Crippen molar-refractivity contribution in [1.29, 1.82) is 0 Å². The second-order valence-electron chi connectivity index (χ2n) is 13.6. The third-order valence-electron chi connectivity index (χ3n) is 7.60. The van der Waals surface area contributed by atoms with Crippen LogP contribution in [0.1, 0.15) is 117 Å². The third kappa shape index (κ3) is 34.1. The first-order valence-electron chi connectivity index (χ1n) is 19.0. The number of aliphatic hydroxyl groups excluding tert-OH is 1. The first-order valence-corrected chi connectivity index (χ1v) is 20.5. The van der Waals surface area contributed by atoms with Gasteiger partial charge in [-0.15, -0.1) is 0 Å². The van der Waals surface area contributed by atoms with Crippen LogP contribution in [-0.4, -0.2) is 73.4 Å². The maximum Gasteiger partial charge on any atom is 0.472 e. The third-order valence-corrected chi connectivity index (χ3v) is 8.58. The standard InChI is InChI=1S/C41H71N2O6P/c1-6-8-10-12-14-16-18-19-20-21-22-23-25-27-29-31-33-35-41(45)42-39(38-49-50(46,47)48-37-36-43(3,4)5)40(44)34-32-30-28-26-24-17-15-13-11-9-7-2/h8,10,14,16,19-20,22-24,26-27,29,32,34,39-40,44H,6-7,9,11-13,15,17-18,21,25,28,30-31,33,35-38H2,1-5H3,(H-,42,45,46,47)/p+1/b10-8-,16-14-,20-19-,23-22-,26-24+,29-27-,34-32+. The summed E-state index contributed by atoms with van der Waals surface area (Å²) < 4.78 is 23.4. The molecule has 0 spiro atoms. The molecule has 0 aromatic carbocycles. The molecule has 3 unspecified atom stereocenters. The van der Waals surface area contributed by atoms with Crippen molar-refractivity contribution < 1.29 is 32.9 Å². The minimum Gasteiger partial charge on any atom is -0.387 e. The van der Waals surface area contributed by atoms with E-state index in [1.165, 1.54) is 32.1 Å². The highest BCUT2D eigenvalue weighted by molar-refractivity contribution is 7.47. The SMILES string of the molecule is CC/C=C\C/C=C\C/C=C\C/C=C\C/C=C\CCCC(=O)NC(COP(=O)(O)OCC[N+](C)(C)C)C(O)/C=C/CC/C=C/CCCCCCC. The van der Waals surface area contributed by atoms with Crippen LogP contribution in [0.2, 0.25) is 0 Å². The summed E-state index contributed by atoms with van der Waals surface area (Å²) >= 11 is 0. The molecule has 0 radical (unpaired) electrons. The smallest absolute Gasteiger partial charge is 0.387 e. The normalized spacial score (nSPS) is 15.6. The molecule has 50 heavy (non-hydrogen) atoms. The van der Waals surface area contributed by atoms with E-state index >= 15 is 0 Å². The van der Waals surface area contributed by atoms with Crippen molar-refractivity contribution in [2.45, 2.75) is 129 Å². The lowest BCUT2D eigenvalue weighted by atomic mass is 10.1. The van der Waals surface area contributed by atoms with E-state index in [-0.39, 0.29) is 25.5 Å². The van der Waals surface area contributed by atoms with E-state index in [1.807, 2.05) is 27.2 Å². The number of quaternary nitrogens is 1. The minimum atomic E-state index is -4.36. The van der Waals surface area contributed by atoms with Crippen LogP contribution < -0.4 is 5.32 Å². The number of carbonyl (C=O) groups excluding carboxylic acids is 1. The minimum absolute atomic E-state index is 0.0405. The number of carbonyl (C=O) groups is 1. The second-order valence-corrected chi connectivity index (χ2v) is 15.0. The summed E-state index contributed by atoms with van der Waals surface area (Å²) in [6, 6.07) is -0.895. The van der Waals surface area contributed by atoms with E-state index in [9.17, 15) is 19.4 Å². The summed E-state index contributed by atoms with van der Waals surface area (Å²) in [5, 5.41) is 13.7. The van der Waals surface area contributed by atoms with Crippen LogP contribution >= 0.6 is 7.82 Å². The van der Waals surface area contributed by atoms with Crippen LogP contribution in [0.3, 0.4) is 0 Å². The molecule has 3 N–H and O–H groups in total. The van der Waals surface area contributed by atoms with Gasteiger partial charge < -0.3 is 19.8 Å². The number of allylic oxidation sites excluding steroid dienone is 13. The lowest BCUT2D eigenvalue weighted by Gasteiger charge is -2.25. The van der Waals surface area contributed by atoms with Gasteiger partial charge in [-0.3, -0.25) is 13.8 Å². The molecule has 9 heteroatoms. The van der Waals surface area contributed by atoms with Crippen molar-refractivity contribution in [3.63, 3.8) is 0 Å². The average molecular weight is 720 g/mol. The molecule has 0 saturated carbocycles. The quantitative estimate of drug-likeness (QED) is 0.0277. The summed E-state index contributed by atoms with van der Waals surface area (Å²) in [6.45, 7) is 4.56. The fourth-order valence-corrected chi connectivity index (χ4v) is 5.30. The summed E-state index contributed by atoms with van der Waals surface area (Å²) in [5.41, 5.74) is 0. The summed E-state index contributed by atoms with van der Waals surface area (Å²) in [7, 11) is 1.50. The number of phosphoric acid groups is 1. The largest absolute Gasteiger partial charge is 0.472 e. The summed E-state index contributed by atoms with van der Waals surface area (Å²) in [5.74, 6) is -0.251. The van der Waals surface area contributed by atoms with Gasteiger partial charge in [-0.1, -0.05) is 125 Å². The molecule has 0 aromatic heterocycles. The molecule has 0 heterocycles. The average Bonchev–Trinajstić information content (AvgIpc) is 3.06. The summed E-state index contributed by atoms with van der Waals surface area (Å²) in [6.07, 6.45) is 43.8. The van der Waals surface area contributed by atoms with Gasteiger partial charge in [0, 0.05) is 6.42 Å². The Morgan fingerprint density at radius 1 is 0.700 bits per heavy atom. The summed E-state index contributed by atoms with van der Waals surface area (Å²) in [4.78, 5) is 22.9. The van der Waals surface area contributed by atoms with Gasteiger partial charge in [0.1, 0.15) is 13.2 Å². The van der Waals surface area contributed by atoms with Crippen LogP contribution in [0.5, 0.6) is 0 Å². The van der Waals surface area contributed by atoms with E-state index in [4.69, 9.17) is 9.05 Å². The van der Waals surface area contributed by atoms with Gasteiger partial charge in [-0.25, -0.2) is 4.57 Å². The Kier molecular flexibility index (Phi) is 31.1. The monoisotopic (exact) mass is 720 g/mol. The van der Waals surface area contributed by atoms with E-state index in [2.05, 4.69) is 92.1 Å². The van der Waals surface area contributed by atoms with Crippen LogP contribution in [0.4, 0.5) is 0 Å². The maximum absolute atomic E-state index is 12.8. The number of nitrogens with one attached hydrogen (secondary N) is 1. The number of hydrogen-bond donors (Lipinski definition) is 3. The highest BCUT2D eigenvalue weighted by Crippen LogP contribution is 2.43. The van der Waals surface area contributed by atoms with Crippen molar-refractivity contribution in [2.24, 2.45) is 0 Å². The van der Waals surface area contributed by atoms with E-state index in [1.54, 1.807) is 6.08 Å². The van der Waals surface area contributed by atoms with Crippen molar-refractivity contribution in [1.82, 2.24) is 5.32 Å². The van der Waals surface area contributed by atoms with Crippen molar-refractivity contribution >= 4 is 13.7 Å². The van der Waals surface area contributed by atoms with Crippen molar-refractivity contribution in [2.75, 3.05) is 40.9 Å². The van der Waals surface area contributed by atoms with Gasteiger partial charge >= 0.3 is 7.82 Å². The molecule has 1 amide bonds. The van der Waals surface area contributed by atoms with Crippen LogP contribution in [0.25, 0.3) is 0 Å². The highest BCUT2D eigenvalue weighted by Gasteiger charge is 2.27. The number of phosphoric ester groups is 1. The van der Waals surface area contributed by atoms with Gasteiger partial charge in [0.15, 0.2) is 0 Å².